The zero-order valence-corrected chi connectivity index (χ0v) is 14.9. The number of carbonyl (C=O) groups excluding carboxylic acids is 2. The van der Waals surface area contributed by atoms with E-state index in [0.717, 1.165) is 19.3 Å². The van der Waals surface area contributed by atoms with Gasteiger partial charge < -0.3 is 15.4 Å². The second kappa shape index (κ2) is 8.05. The van der Waals surface area contributed by atoms with Crippen molar-refractivity contribution in [2.24, 2.45) is 5.92 Å². The van der Waals surface area contributed by atoms with Gasteiger partial charge >= 0.3 is 0 Å². The minimum absolute atomic E-state index is 0.0395. The molecule has 136 valence electrons. The fraction of sp³-hybridized carbons (Fsp3) is 0.450. The van der Waals surface area contributed by atoms with Gasteiger partial charge in [0.05, 0.1) is 12.1 Å². The Bertz CT molecular complexity index is 779. The number of benzene rings is 1. The molecule has 2 amide bonds. The van der Waals surface area contributed by atoms with Crippen molar-refractivity contribution in [2.75, 3.05) is 13.2 Å². The lowest BCUT2D eigenvalue weighted by Gasteiger charge is -2.29. The van der Waals surface area contributed by atoms with Crippen LogP contribution in [0.5, 0.6) is 5.75 Å². The molecule has 2 N–H and O–H groups in total. The molecule has 2 atom stereocenters. The quantitative estimate of drug-likeness (QED) is 0.645. The minimum Gasteiger partial charge on any atom is -0.491 e. The molecule has 1 aliphatic heterocycles. The number of hydrogen-bond donors (Lipinski definition) is 2. The van der Waals surface area contributed by atoms with Gasteiger partial charge in [0.1, 0.15) is 24.0 Å². The minimum atomic E-state index is -0.359. The Labute approximate surface area is 153 Å². The molecule has 2 unspecified atom stereocenters. The monoisotopic (exact) mass is 353 g/mol. The van der Waals surface area contributed by atoms with Gasteiger partial charge in [0.2, 0.25) is 0 Å². The largest absolute Gasteiger partial charge is 0.491 e. The van der Waals surface area contributed by atoms with E-state index in [4.69, 9.17) is 4.74 Å². The summed E-state index contributed by atoms with van der Waals surface area (Å²) >= 11 is 0. The van der Waals surface area contributed by atoms with Crippen LogP contribution in [0.15, 0.2) is 23.8 Å². The highest BCUT2D eigenvalue weighted by atomic mass is 16.5. The van der Waals surface area contributed by atoms with Gasteiger partial charge in [-0.05, 0) is 42.5 Å². The van der Waals surface area contributed by atoms with Crippen LogP contribution < -0.4 is 15.4 Å². The maximum atomic E-state index is 12.5. The molecule has 0 bridgehead atoms. The Kier molecular flexibility index (Phi) is 5.57. The Morgan fingerprint density at radius 2 is 2.19 bits per heavy atom. The average molecular weight is 353 g/mol. The maximum absolute atomic E-state index is 12.5. The zero-order chi connectivity index (χ0) is 18.5. The molecule has 1 aliphatic carbocycles. The fourth-order valence-electron chi connectivity index (χ4n) is 3.45. The Morgan fingerprint density at radius 3 is 2.96 bits per heavy atom. The number of nitrogens with zero attached hydrogens (tertiary/aromatic N) is 1. The number of nitrogens with one attached hydrogen (secondary N) is 2. The van der Waals surface area contributed by atoms with Gasteiger partial charge in [0.25, 0.3) is 11.8 Å². The number of fused-ring (bicyclic) bond motifs is 1. The summed E-state index contributed by atoms with van der Waals surface area (Å²) in [5.74, 6) is 0.353. The summed E-state index contributed by atoms with van der Waals surface area (Å²) in [7, 11) is 0. The predicted octanol–water partition coefficient (Wildman–Crippen LogP) is 2.41. The summed E-state index contributed by atoms with van der Waals surface area (Å²) in [6.07, 6.45) is 5.84. The molecule has 1 heterocycles. The summed E-state index contributed by atoms with van der Waals surface area (Å²) in [6.45, 7) is 2.99. The molecule has 0 aromatic heterocycles. The third kappa shape index (κ3) is 4.05. The number of carbonyl (C=O) groups is 2. The van der Waals surface area contributed by atoms with Gasteiger partial charge in [0, 0.05) is 6.04 Å². The Morgan fingerprint density at radius 1 is 1.38 bits per heavy atom. The SMILES string of the molecule is CC1CCCCC1NC(=O)/C(C#N)=C\c1ccc2c(c1)C(=O)NCCO2. The van der Waals surface area contributed by atoms with E-state index in [-0.39, 0.29) is 23.4 Å². The van der Waals surface area contributed by atoms with Gasteiger partial charge in [-0.3, -0.25) is 9.59 Å². The molecule has 0 saturated heterocycles. The Hall–Kier alpha value is -2.81. The molecule has 6 nitrogen and oxygen atoms in total. The van der Waals surface area contributed by atoms with E-state index in [0.29, 0.717) is 35.9 Å². The lowest BCUT2D eigenvalue weighted by molar-refractivity contribution is -0.118. The molecule has 6 heteroatoms. The molecular formula is C20H23N3O3. The highest BCUT2D eigenvalue weighted by molar-refractivity contribution is 6.02. The summed E-state index contributed by atoms with van der Waals surface area (Å²) in [6, 6.07) is 7.17. The van der Waals surface area contributed by atoms with Gasteiger partial charge in [0.15, 0.2) is 0 Å². The van der Waals surface area contributed by atoms with Crippen LogP contribution in [0.25, 0.3) is 6.08 Å². The van der Waals surface area contributed by atoms with Crippen LogP contribution in [-0.2, 0) is 4.79 Å². The topological polar surface area (TPSA) is 91.2 Å². The highest BCUT2D eigenvalue weighted by Gasteiger charge is 2.24. The van der Waals surface area contributed by atoms with Crippen molar-refractivity contribution in [3.05, 3.63) is 34.9 Å². The summed E-state index contributed by atoms with van der Waals surface area (Å²) in [5, 5.41) is 15.1. The summed E-state index contributed by atoms with van der Waals surface area (Å²) in [5.41, 5.74) is 1.07. The van der Waals surface area contributed by atoms with E-state index in [9.17, 15) is 14.9 Å². The molecule has 1 aromatic carbocycles. The molecule has 1 aromatic rings. The lowest BCUT2D eigenvalue weighted by Crippen LogP contribution is -2.41. The summed E-state index contributed by atoms with van der Waals surface area (Å²) < 4.78 is 5.52. The van der Waals surface area contributed by atoms with Crippen molar-refractivity contribution in [1.29, 1.82) is 5.26 Å². The third-order valence-corrected chi connectivity index (χ3v) is 5.00. The van der Waals surface area contributed by atoms with Crippen molar-refractivity contribution in [3.8, 4) is 11.8 Å². The number of rotatable bonds is 3. The zero-order valence-electron chi connectivity index (χ0n) is 14.9. The first kappa shape index (κ1) is 18.0. The van der Waals surface area contributed by atoms with E-state index in [1.807, 2.05) is 6.07 Å². The van der Waals surface area contributed by atoms with Crippen molar-refractivity contribution < 1.29 is 14.3 Å². The number of nitriles is 1. The van der Waals surface area contributed by atoms with Gasteiger partial charge in [-0.25, -0.2) is 0 Å². The van der Waals surface area contributed by atoms with Crippen LogP contribution >= 0.6 is 0 Å². The smallest absolute Gasteiger partial charge is 0.262 e. The first-order valence-electron chi connectivity index (χ1n) is 9.06. The molecule has 1 fully saturated rings. The van der Waals surface area contributed by atoms with Gasteiger partial charge in [-0.15, -0.1) is 0 Å². The first-order chi connectivity index (χ1) is 12.6. The van der Waals surface area contributed by atoms with Crippen molar-refractivity contribution in [2.45, 2.75) is 38.6 Å². The highest BCUT2D eigenvalue weighted by Crippen LogP contribution is 2.25. The lowest BCUT2D eigenvalue weighted by atomic mass is 9.86. The van der Waals surface area contributed by atoms with E-state index in [2.05, 4.69) is 17.6 Å². The molecule has 3 rings (SSSR count). The van der Waals surface area contributed by atoms with E-state index in [1.165, 1.54) is 12.5 Å². The van der Waals surface area contributed by atoms with Gasteiger partial charge in [-0.1, -0.05) is 25.8 Å². The fourth-order valence-corrected chi connectivity index (χ4v) is 3.45. The predicted molar refractivity (Wildman–Crippen MR) is 97.4 cm³/mol. The molecule has 1 saturated carbocycles. The van der Waals surface area contributed by atoms with Crippen molar-refractivity contribution in [1.82, 2.24) is 10.6 Å². The first-order valence-corrected chi connectivity index (χ1v) is 9.06. The van der Waals surface area contributed by atoms with Crippen LogP contribution in [-0.4, -0.2) is 31.0 Å². The van der Waals surface area contributed by atoms with Gasteiger partial charge in [-0.2, -0.15) is 5.26 Å². The number of ether oxygens (including phenoxy) is 1. The molecule has 0 spiro atoms. The maximum Gasteiger partial charge on any atom is 0.262 e. The number of amides is 2. The van der Waals surface area contributed by atoms with Crippen LogP contribution in [0.1, 0.15) is 48.5 Å². The summed E-state index contributed by atoms with van der Waals surface area (Å²) in [4.78, 5) is 24.6. The second-order valence-corrected chi connectivity index (χ2v) is 6.87. The standard InChI is InChI=1S/C20H23N3O3/c1-13-4-2-3-5-17(13)23-19(24)15(12-21)10-14-6-7-18-16(11-14)20(25)22-8-9-26-18/h6-7,10-11,13,17H,2-5,8-9H2,1H3,(H,22,25)(H,23,24)/b15-10-. The third-order valence-electron chi connectivity index (χ3n) is 5.00. The number of hydrogen-bond acceptors (Lipinski definition) is 4. The molecule has 2 aliphatic rings. The van der Waals surface area contributed by atoms with Crippen LogP contribution in [0, 0.1) is 17.2 Å². The van der Waals surface area contributed by atoms with Crippen LogP contribution in [0.3, 0.4) is 0 Å². The van der Waals surface area contributed by atoms with Crippen molar-refractivity contribution >= 4 is 17.9 Å². The average Bonchev–Trinajstić information content (AvgIpc) is 2.83. The van der Waals surface area contributed by atoms with E-state index < -0.39 is 0 Å². The second-order valence-electron chi connectivity index (χ2n) is 6.87. The van der Waals surface area contributed by atoms with E-state index in [1.54, 1.807) is 18.2 Å². The van der Waals surface area contributed by atoms with Crippen LogP contribution in [0.2, 0.25) is 0 Å². The van der Waals surface area contributed by atoms with Crippen LogP contribution in [0.4, 0.5) is 0 Å². The molecular weight excluding hydrogens is 330 g/mol. The van der Waals surface area contributed by atoms with Crippen molar-refractivity contribution in [3.63, 3.8) is 0 Å². The Balaban J connectivity index is 1.79. The molecule has 26 heavy (non-hydrogen) atoms. The normalized spacial score (nSPS) is 22.9. The molecule has 0 radical (unpaired) electrons. The van der Waals surface area contributed by atoms with E-state index >= 15 is 0 Å².